The highest BCUT2D eigenvalue weighted by Gasteiger charge is 1.95. The van der Waals surface area contributed by atoms with Crippen molar-refractivity contribution >= 4 is 5.97 Å². The van der Waals surface area contributed by atoms with Crippen LogP contribution in [0, 0.1) is 0 Å². The van der Waals surface area contributed by atoms with Gasteiger partial charge in [0.1, 0.15) is 0 Å². The second-order valence-electron chi connectivity index (χ2n) is 2.95. The number of ether oxygens (including phenoxy) is 1. The van der Waals surface area contributed by atoms with Gasteiger partial charge in [0.15, 0.2) is 0 Å². The van der Waals surface area contributed by atoms with Gasteiger partial charge >= 0.3 is 5.97 Å². The molecule has 0 fully saturated rings. The van der Waals surface area contributed by atoms with Crippen LogP contribution in [0.5, 0.6) is 0 Å². The highest BCUT2D eigenvalue weighted by molar-refractivity contribution is 5.66. The van der Waals surface area contributed by atoms with E-state index >= 15 is 0 Å². The summed E-state index contributed by atoms with van der Waals surface area (Å²) in [6.07, 6.45) is 3.11. The Kier molecular flexibility index (Phi) is 9.03. The molecule has 4 nitrogen and oxygen atoms in total. The molecule has 0 amide bonds. The number of nitrogens with one attached hydrogen (secondary N) is 1. The molecule has 0 bridgehead atoms. The largest absolute Gasteiger partial charge is 0.481 e. The van der Waals surface area contributed by atoms with Gasteiger partial charge in [0.05, 0.1) is 0 Å². The monoisotopic (exact) mass is 189 g/mol. The Balaban J connectivity index is 2.87. The molecule has 0 radical (unpaired) electrons. The maximum atomic E-state index is 10.1. The predicted octanol–water partition coefficient (Wildman–Crippen LogP) is 0.867. The Morgan fingerprint density at radius 1 is 1.31 bits per heavy atom. The highest BCUT2D eigenvalue weighted by Crippen LogP contribution is 1.89. The van der Waals surface area contributed by atoms with E-state index in [1.165, 1.54) is 0 Å². The van der Waals surface area contributed by atoms with E-state index in [4.69, 9.17) is 9.84 Å². The van der Waals surface area contributed by atoms with Crippen molar-refractivity contribution in [2.75, 3.05) is 26.8 Å². The number of carboxylic acids is 1. The van der Waals surface area contributed by atoms with Crippen LogP contribution in [0.2, 0.25) is 0 Å². The Morgan fingerprint density at radius 3 is 2.62 bits per heavy atom. The van der Waals surface area contributed by atoms with Crippen LogP contribution in [0.15, 0.2) is 0 Å². The smallest absolute Gasteiger partial charge is 0.303 e. The lowest BCUT2D eigenvalue weighted by atomic mass is 10.3. The SMILES string of the molecule is COCCCCNCCCC(=O)O. The first-order chi connectivity index (χ1) is 6.27. The van der Waals surface area contributed by atoms with Crippen molar-refractivity contribution in [3.8, 4) is 0 Å². The number of hydrogen-bond donors (Lipinski definition) is 2. The number of unbranched alkanes of at least 4 members (excludes halogenated alkanes) is 1. The summed E-state index contributed by atoms with van der Waals surface area (Å²) in [6, 6.07) is 0. The summed E-state index contributed by atoms with van der Waals surface area (Å²) in [5.41, 5.74) is 0. The number of carboxylic acid groups (broad SMARTS) is 1. The number of aliphatic carboxylic acids is 1. The summed E-state index contributed by atoms with van der Waals surface area (Å²) in [5, 5.41) is 11.5. The molecule has 78 valence electrons. The van der Waals surface area contributed by atoms with Crippen LogP contribution in [0.25, 0.3) is 0 Å². The van der Waals surface area contributed by atoms with Gasteiger partial charge in [-0.2, -0.15) is 0 Å². The van der Waals surface area contributed by atoms with E-state index in [9.17, 15) is 4.79 Å². The van der Waals surface area contributed by atoms with Gasteiger partial charge in [-0.05, 0) is 32.4 Å². The molecule has 4 heteroatoms. The van der Waals surface area contributed by atoms with Gasteiger partial charge in [-0.15, -0.1) is 0 Å². The quantitative estimate of drug-likeness (QED) is 0.528. The molecule has 0 aliphatic rings. The third kappa shape index (κ3) is 11.4. The summed E-state index contributed by atoms with van der Waals surface area (Å²) in [6.45, 7) is 2.54. The van der Waals surface area contributed by atoms with Crippen LogP contribution in [-0.2, 0) is 9.53 Å². The molecular formula is C9H19NO3. The number of hydrogen-bond acceptors (Lipinski definition) is 3. The van der Waals surface area contributed by atoms with Crippen molar-refractivity contribution in [3.63, 3.8) is 0 Å². The van der Waals surface area contributed by atoms with Gasteiger partial charge in [0, 0.05) is 20.1 Å². The fraction of sp³-hybridized carbons (Fsp3) is 0.889. The van der Waals surface area contributed by atoms with E-state index < -0.39 is 5.97 Å². The molecule has 2 N–H and O–H groups in total. The van der Waals surface area contributed by atoms with Crippen molar-refractivity contribution in [3.05, 3.63) is 0 Å². The van der Waals surface area contributed by atoms with Gasteiger partial charge in [0.25, 0.3) is 0 Å². The molecule has 0 saturated heterocycles. The maximum Gasteiger partial charge on any atom is 0.303 e. The van der Waals surface area contributed by atoms with E-state index in [2.05, 4.69) is 5.32 Å². The van der Waals surface area contributed by atoms with Crippen molar-refractivity contribution in [1.82, 2.24) is 5.32 Å². The highest BCUT2D eigenvalue weighted by atomic mass is 16.5. The van der Waals surface area contributed by atoms with Gasteiger partial charge in [-0.25, -0.2) is 0 Å². The van der Waals surface area contributed by atoms with Crippen LogP contribution < -0.4 is 5.32 Å². The van der Waals surface area contributed by atoms with Gasteiger partial charge in [-0.1, -0.05) is 0 Å². The Bertz CT molecular complexity index is 128. The average molecular weight is 189 g/mol. The molecule has 0 aromatic rings. The third-order valence-corrected chi connectivity index (χ3v) is 1.70. The van der Waals surface area contributed by atoms with Crippen LogP contribution in [-0.4, -0.2) is 37.9 Å². The molecule has 0 unspecified atom stereocenters. The van der Waals surface area contributed by atoms with Crippen molar-refractivity contribution in [2.24, 2.45) is 0 Å². The average Bonchev–Trinajstić information content (AvgIpc) is 2.09. The number of carbonyl (C=O) groups is 1. The summed E-state index contributed by atoms with van der Waals surface area (Å²) in [7, 11) is 1.69. The van der Waals surface area contributed by atoms with E-state index in [1.807, 2.05) is 0 Å². The standard InChI is InChI=1S/C9H19NO3/c1-13-8-3-2-6-10-7-4-5-9(11)12/h10H,2-8H2,1H3,(H,11,12). The van der Waals surface area contributed by atoms with Crippen LogP contribution in [0.1, 0.15) is 25.7 Å². The zero-order valence-electron chi connectivity index (χ0n) is 8.21. The van der Waals surface area contributed by atoms with Crippen LogP contribution in [0.4, 0.5) is 0 Å². The van der Waals surface area contributed by atoms with Crippen molar-refractivity contribution in [1.29, 1.82) is 0 Å². The van der Waals surface area contributed by atoms with Gasteiger partial charge in [0.2, 0.25) is 0 Å². The molecular weight excluding hydrogens is 170 g/mol. The number of methoxy groups -OCH3 is 1. The fourth-order valence-electron chi connectivity index (χ4n) is 0.986. The summed E-state index contributed by atoms with van der Waals surface area (Å²) in [5.74, 6) is -0.721. The van der Waals surface area contributed by atoms with Crippen LogP contribution >= 0.6 is 0 Å². The van der Waals surface area contributed by atoms with E-state index in [0.29, 0.717) is 6.42 Å². The van der Waals surface area contributed by atoms with E-state index in [-0.39, 0.29) is 6.42 Å². The molecule has 0 aromatic heterocycles. The molecule has 0 saturated carbocycles. The molecule has 0 aromatic carbocycles. The zero-order valence-corrected chi connectivity index (χ0v) is 8.21. The third-order valence-electron chi connectivity index (χ3n) is 1.70. The summed E-state index contributed by atoms with van der Waals surface area (Å²) in [4.78, 5) is 10.1. The van der Waals surface area contributed by atoms with E-state index in [1.54, 1.807) is 7.11 Å². The lowest BCUT2D eigenvalue weighted by molar-refractivity contribution is -0.137. The molecule has 13 heavy (non-hydrogen) atoms. The summed E-state index contributed by atoms with van der Waals surface area (Å²) >= 11 is 0. The molecule has 0 aliphatic carbocycles. The van der Waals surface area contributed by atoms with Crippen molar-refractivity contribution < 1.29 is 14.6 Å². The maximum absolute atomic E-state index is 10.1. The van der Waals surface area contributed by atoms with Crippen LogP contribution in [0.3, 0.4) is 0 Å². The lowest BCUT2D eigenvalue weighted by Crippen LogP contribution is -2.17. The first kappa shape index (κ1) is 12.4. The second-order valence-corrected chi connectivity index (χ2v) is 2.95. The molecule has 0 aliphatic heterocycles. The minimum Gasteiger partial charge on any atom is -0.481 e. The Morgan fingerprint density at radius 2 is 2.00 bits per heavy atom. The fourth-order valence-corrected chi connectivity index (χ4v) is 0.986. The minimum absolute atomic E-state index is 0.255. The summed E-state index contributed by atoms with van der Waals surface area (Å²) < 4.78 is 4.90. The molecule has 0 spiro atoms. The molecule has 0 heterocycles. The lowest BCUT2D eigenvalue weighted by Gasteiger charge is -2.02. The first-order valence-corrected chi connectivity index (χ1v) is 4.69. The van der Waals surface area contributed by atoms with Gasteiger partial charge in [-0.3, -0.25) is 4.79 Å². The topological polar surface area (TPSA) is 58.6 Å². The minimum atomic E-state index is -0.721. The molecule has 0 atom stereocenters. The van der Waals surface area contributed by atoms with E-state index in [0.717, 1.165) is 32.5 Å². The molecule has 0 rings (SSSR count). The predicted molar refractivity (Wildman–Crippen MR) is 50.8 cm³/mol. The first-order valence-electron chi connectivity index (χ1n) is 4.69. The van der Waals surface area contributed by atoms with Crippen molar-refractivity contribution in [2.45, 2.75) is 25.7 Å². The van der Waals surface area contributed by atoms with Gasteiger partial charge < -0.3 is 15.2 Å². The Hall–Kier alpha value is -0.610. The second kappa shape index (κ2) is 9.48. The number of rotatable bonds is 9. The normalized spacial score (nSPS) is 10.2. The zero-order chi connectivity index (χ0) is 9.94. The Labute approximate surface area is 79.3 Å².